The van der Waals surface area contributed by atoms with Gasteiger partial charge in [0.1, 0.15) is 5.54 Å². The molecule has 10 heteroatoms. The number of carbonyl (C=O) groups excluding carboxylic acids is 3. The van der Waals surface area contributed by atoms with Gasteiger partial charge in [0, 0.05) is 18.7 Å². The molecule has 1 saturated heterocycles. The van der Waals surface area contributed by atoms with Gasteiger partial charge in [-0.2, -0.15) is 0 Å². The van der Waals surface area contributed by atoms with Gasteiger partial charge in [-0.15, -0.1) is 0 Å². The van der Waals surface area contributed by atoms with Crippen LogP contribution in [0.4, 0.5) is 10.5 Å². The van der Waals surface area contributed by atoms with Gasteiger partial charge in [-0.25, -0.2) is 18.4 Å². The summed E-state index contributed by atoms with van der Waals surface area (Å²) in [4.78, 5) is 38.0. The summed E-state index contributed by atoms with van der Waals surface area (Å²) in [6.07, 6.45) is 3.66. The Morgan fingerprint density at radius 2 is 1.96 bits per heavy atom. The van der Waals surface area contributed by atoms with E-state index in [1.54, 1.807) is 24.3 Å². The quantitative estimate of drug-likeness (QED) is 0.579. The molecule has 1 saturated carbocycles. The molecule has 1 spiro atoms. The van der Waals surface area contributed by atoms with E-state index in [0.717, 1.165) is 12.8 Å². The number of carbonyl (C=O) groups is 3. The number of primary sulfonamides is 1. The molecule has 1 aromatic carbocycles. The van der Waals surface area contributed by atoms with Gasteiger partial charge in [0.25, 0.3) is 5.91 Å². The van der Waals surface area contributed by atoms with Crippen LogP contribution in [0.3, 0.4) is 0 Å². The van der Waals surface area contributed by atoms with Crippen LogP contribution in [0, 0.1) is 0 Å². The maximum Gasteiger partial charge on any atom is 0.325 e. The first-order chi connectivity index (χ1) is 13.2. The molecule has 152 valence electrons. The predicted molar refractivity (Wildman–Crippen MR) is 103 cm³/mol. The molecule has 1 aromatic rings. The zero-order chi connectivity index (χ0) is 20.4. The second-order valence-corrected chi connectivity index (χ2v) is 8.95. The van der Waals surface area contributed by atoms with Gasteiger partial charge < -0.3 is 10.6 Å². The van der Waals surface area contributed by atoms with E-state index in [1.165, 1.54) is 4.90 Å². The molecule has 1 heterocycles. The lowest BCUT2D eigenvalue weighted by Gasteiger charge is -2.19. The molecule has 0 aromatic heterocycles. The molecule has 2 aliphatic rings. The normalized spacial score (nSPS) is 18.5. The first-order valence-electron chi connectivity index (χ1n) is 9.22. The fourth-order valence-electron chi connectivity index (χ4n) is 3.79. The lowest BCUT2D eigenvalue weighted by molar-refractivity contribution is -0.131. The summed E-state index contributed by atoms with van der Waals surface area (Å²) in [6, 6.07) is 6.04. The number of benzene rings is 1. The van der Waals surface area contributed by atoms with Crippen molar-refractivity contribution < 1.29 is 22.8 Å². The number of hydrogen-bond donors (Lipinski definition) is 3. The summed E-state index contributed by atoms with van der Waals surface area (Å²) in [5.41, 5.74) is 0.205. The van der Waals surface area contributed by atoms with E-state index in [9.17, 15) is 22.8 Å². The number of nitrogens with two attached hydrogens (primary N) is 1. The minimum atomic E-state index is -3.65. The van der Waals surface area contributed by atoms with Crippen molar-refractivity contribution in [3.63, 3.8) is 0 Å². The van der Waals surface area contributed by atoms with Gasteiger partial charge in [0.2, 0.25) is 15.9 Å². The summed E-state index contributed by atoms with van der Waals surface area (Å²) in [5.74, 6) is -0.786. The van der Waals surface area contributed by atoms with Crippen molar-refractivity contribution in [1.29, 1.82) is 0 Å². The molecule has 0 bridgehead atoms. The highest BCUT2D eigenvalue weighted by molar-refractivity contribution is 7.88. The molecule has 28 heavy (non-hydrogen) atoms. The van der Waals surface area contributed by atoms with Crippen molar-refractivity contribution in [3.05, 3.63) is 29.8 Å². The number of nitrogens with one attached hydrogen (secondary N) is 2. The Balaban J connectivity index is 1.49. The van der Waals surface area contributed by atoms with Crippen LogP contribution in [0.25, 0.3) is 0 Å². The largest absolute Gasteiger partial charge is 0.326 e. The van der Waals surface area contributed by atoms with Crippen LogP contribution in [0.5, 0.6) is 0 Å². The van der Waals surface area contributed by atoms with Crippen molar-refractivity contribution >= 4 is 33.6 Å². The smallest absolute Gasteiger partial charge is 0.325 e. The van der Waals surface area contributed by atoms with E-state index in [0.29, 0.717) is 30.5 Å². The van der Waals surface area contributed by atoms with Gasteiger partial charge in [0.15, 0.2) is 0 Å². The van der Waals surface area contributed by atoms with Crippen LogP contribution >= 0.6 is 0 Å². The zero-order valence-electron chi connectivity index (χ0n) is 15.4. The summed E-state index contributed by atoms with van der Waals surface area (Å²) in [6.45, 7) is 0.186. The third-order valence-corrected chi connectivity index (χ3v) is 5.80. The molecule has 1 aliphatic heterocycles. The highest BCUT2D eigenvalue weighted by Crippen LogP contribution is 2.35. The van der Waals surface area contributed by atoms with Gasteiger partial charge in [0.05, 0.1) is 5.75 Å². The van der Waals surface area contributed by atoms with E-state index in [4.69, 9.17) is 5.14 Å². The Labute approximate surface area is 163 Å². The van der Waals surface area contributed by atoms with Crippen LogP contribution < -0.4 is 15.8 Å². The molecule has 0 atom stereocenters. The molecule has 2 fully saturated rings. The average Bonchev–Trinajstić information content (AvgIpc) is 3.14. The first kappa shape index (κ1) is 20.3. The van der Waals surface area contributed by atoms with E-state index >= 15 is 0 Å². The topological polar surface area (TPSA) is 139 Å². The van der Waals surface area contributed by atoms with Gasteiger partial charge in [-0.05, 0) is 37.0 Å². The monoisotopic (exact) mass is 408 g/mol. The van der Waals surface area contributed by atoms with E-state index in [1.807, 2.05) is 0 Å². The van der Waals surface area contributed by atoms with E-state index in [2.05, 4.69) is 10.6 Å². The van der Waals surface area contributed by atoms with Crippen molar-refractivity contribution in [3.8, 4) is 0 Å². The second-order valence-electron chi connectivity index (χ2n) is 7.34. The Morgan fingerprint density at radius 1 is 1.25 bits per heavy atom. The molecular formula is C18H24N4O5S. The molecule has 4 amide bonds. The first-order valence-corrected chi connectivity index (χ1v) is 10.9. The molecule has 0 unspecified atom stereocenters. The van der Waals surface area contributed by atoms with Crippen molar-refractivity contribution in [2.75, 3.05) is 11.9 Å². The summed E-state index contributed by atoms with van der Waals surface area (Å²) < 4.78 is 22.3. The Kier molecular flexibility index (Phi) is 5.71. The van der Waals surface area contributed by atoms with Gasteiger partial charge >= 0.3 is 6.03 Å². The molecule has 0 radical (unpaired) electrons. The minimum absolute atomic E-state index is 0.128. The van der Waals surface area contributed by atoms with Crippen molar-refractivity contribution in [1.82, 2.24) is 10.2 Å². The predicted octanol–water partition coefficient (Wildman–Crippen LogP) is 1.06. The highest BCUT2D eigenvalue weighted by Gasteiger charge is 2.51. The standard InChI is InChI=1S/C18H24N4O5S/c19-28(26,27)12-13-5-3-6-14(11-13)20-15(23)7-4-10-22-16(24)18(21-17(22)25)8-1-2-9-18/h3,5-6,11H,1-2,4,7-10,12H2,(H,20,23)(H,21,25)(H2,19,26,27). The van der Waals surface area contributed by atoms with Crippen molar-refractivity contribution in [2.45, 2.75) is 49.8 Å². The molecule has 4 N–H and O–H groups in total. The number of sulfonamides is 1. The number of amides is 4. The number of imide groups is 1. The van der Waals surface area contributed by atoms with E-state index in [-0.39, 0.29) is 36.6 Å². The van der Waals surface area contributed by atoms with Crippen LogP contribution in [-0.2, 0) is 25.4 Å². The summed E-state index contributed by atoms with van der Waals surface area (Å²) in [7, 11) is -3.65. The van der Waals surface area contributed by atoms with Crippen LogP contribution in [0.15, 0.2) is 24.3 Å². The van der Waals surface area contributed by atoms with Crippen LogP contribution in [-0.4, -0.2) is 43.2 Å². The van der Waals surface area contributed by atoms with E-state index < -0.39 is 15.6 Å². The fourth-order valence-corrected chi connectivity index (χ4v) is 4.43. The number of nitrogens with zero attached hydrogens (tertiary/aromatic N) is 1. The lowest BCUT2D eigenvalue weighted by Crippen LogP contribution is -2.44. The summed E-state index contributed by atoms with van der Waals surface area (Å²) in [5, 5.41) is 10.5. The molecular weight excluding hydrogens is 384 g/mol. The third kappa shape index (κ3) is 4.68. The number of anilines is 1. The SMILES string of the molecule is NS(=O)(=O)Cc1cccc(NC(=O)CCCN2C(=O)NC3(CCCC3)C2=O)c1. The second kappa shape index (κ2) is 7.88. The minimum Gasteiger partial charge on any atom is -0.326 e. The third-order valence-electron chi connectivity index (χ3n) is 5.07. The zero-order valence-corrected chi connectivity index (χ0v) is 16.3. The average molecular weight is 408 g/mol. The summed E-state index contributed by atoms with van der Waals surface area (Å²) >= 11 is 0. The van der Waals surface area contributed by atoms with Gasteiger partial charge in [-0.3, -0.25) is 14.5 Å². The van der Waals surface area contributed by atoms with Crippen LogP contribution in [0.2, 0.25) is 0 Å². The molecule has 3 rings (SSSR count). The Hall–Kier alpha value is -2.46. The van der Waals surface area contributed by atoms with Gasteiger partial charge in [-0.1, -0.05) is 25.0 Å². The maximum absolute atomic E-state index is 12.5. The Morgan fingerprint density at radius 3 is 2.64 bits per heavy atom. The lowest BCUT2D eigenvalue weighted by atomic mass is 9.98. The number of urea groups is 1. The number of hydrogen-bond acceptors (Lipinski definition) is 5. The highest BCUT2D eigenvalue weighted by atomic mass is 32.2. The Bertz CT molecular complexity index is 893. The van der Waals surface area contributed by atoms with Crippen LogP contribution in [0.1, 0.15) is 44.1 Å². The molecule has 1 aliphatic carbocycles. The maximum atomic E-state index is 12.5. The number of rotatable bonds is 7. The molecule has 9 nitrogen and oxygen atoms in total. The fraction of sp³-hybridized carbons (Fsp3) is 0.500. The van der Waals surface area contributed by atoms with Crippen molar-refractivity contribution in [2.24, 2.45) is 5.14 Å².